The molecule has 0 heterocycles. The van der Waals surface area contributed by atoms with Crippen molar-refractivity contribution in [1.82, 2.24) is 10.6 Å². The van der Waals surface area contributed by atoms with Crippen molar-refractivity contribution in [2.24, 2.45) is 5.92 Å². The maximum atomic E-state index is 11.8. The molecule has 0 aliphatic heterocycles. The molecule has 1 amide bonds. The monoisotopic (exact) mass is 270 g/mol. The van der Waals surface area contributed by atoms with E-state index in [4.69, 9.17) is 0 Å². The van der Waals surface area contributed by atoms with Crippen molar-refractivity contribution in [3.05, 3.63) is 0 Å². The van der Waals surface area contributed by atoms with E-state index in [-0.39, 0.29) is 5.92 Å². The molecule has 0 saturated carbocycles. The molecule has 0 bridgehead atoms. The van der Waals surface area contributed by atoms with Gasteiger partial charge in [-0.05, 0) is 5.92 Å². The molecule has 0 radical (unpaired) electrons. The van der Waals surface area contributed by atoms with E-state index in [1.807, 2.05) is 5.32 Å². The summed E-state index contributed by atoms with van der Waals surface area (Å²) in [6.07, 6.45) is -4.37. The highest BCUT2D eigenvalue weighted by molar-refractivity contribution is 5.85. The number of halogens is 3. The number of methoxy groups -OCH3 is 1. The summed E-state index contributed by atoms with van der Waals surface area (Å²) in [7, 11) is 1.17. The van der Waals surface area contributed by atoms with E-state index in [9.17, 15) is 22.8 Å². The number of amides is 1. The topological polar surface area (TPSA) is 67.4 Å². The molecule has 0 aliphatic rings. The van der Waals surface area contributed by atoms with Gasteiger partial charge in [-0.2, -0.15) is 13.2 Å². The highest BCUT2D eigenvalue weighted by Crippen LogP contribution is 2.11. The number of rotatable bonds is 6. The summed E-state index contributed by atoms with van der Waals surface area (Å²) in [5.74, 6) is -1.54. The van der Waals surface area contributed by atoms with E-state index in [0.717, 1.165) is 0 Å². The Labute approximate surface area is 103 Å². The first-order valence-corrected chi connectivity index (χ1v) is 5.32. The van der Waals surface area contributed by atoms with Gasteiger partial charge in [0.2, 0.25) is 5.91 Å². The van der Waals surface area contributed by atoms with Crippen LogP contribution in [0, 0.1) is 5.92 Å². The van der Waals surface area contributed by atoms with Crippen LogP contribution in [-0.4, -0.2) is 44.3 Å². The summed E-state index contributed by atoms with van der Waals surface area (Å²) < 4.78 is 39.9. The van der Waals surface area contributed by atoms with Gasteiger partial charge in [-0.3, -0.25) is 4.79 Å². The fourth-order valence-corrected chi connectivity index (χ4v) is 1.17. The summed E-state index contributed by atoms with van der Waals surface area (Å²) in [6, 6.07) is -0.866. The number of alkyl halides is 3. The third-order valence-electron chi connectivity index (χ3n) is 2.05. The minimum absolute atomic E-state index is 0.219. The number of hydrogen-bond donors (Lipinski definition) is 2. The van der Waals surface area contributed by atoms with Gasteiger partial charge >= 0.3 is 12.1 Å². The number of hydrogen-bond acceptors (Lipinski definition) is 4. The van der Waals surface area contributed by atoms with E-state index in [1.165, 1.54) is 7.11 Å². The van der Waals surface area contributed by atoms with Crippen LogP contribution in [0.5, 0.6) is 0 Å². The first-order chi connectivity index (χ1) is 8.17. The Bertz CT molecular complexity index is 293. The molecule has 0 rings (SSSR count). The van der Waals surface area contributed by atoms with Crippen LogP contribution in [0.15, 0.2) is 0 Å². The lowest BCUT2D eigenvalue weighted by Gasteiger charge is -2.20. The predicted molar refractivity (Wildman–Crippen MR) is 57.7 cm³/mol. The molecule has 2 N–H and O–H groups in total. The second-order valence-corrected chi connectivity index (χ2v) is 4.03. The second kappa shape index (κ2) is 7.20. The van der Waals surface area contributed by atoms with Gasteiger partial charge in [-0.15, -0.1) is 0 Å². The van der Waals surface area contributed by atoms with Gasteiger partial charge < -0.3 is 15.4 Å². The number of ether oxygens (including phenoxy) is 1. The Morgan fingerprint density at radius 2 is 1.83 bits per heavy atom. The average Bonchev–Trinajstić information content (AvgIpc) is 2.22. The molecule has 0 aromatic carbocycles. The van der Waals surface area contributed by atoms with Crippen LogP contribution >= 0.6 is 0 Å². The van der Waals surface area contributed by atoms with Gasteiger partial charge in [-0.1, -0.05) is 13.8 Å². The molecule has 0 aliphatic carbocycles. The van der Waals surface area contributed by atoms with Crippen molar-refractivity contribution < 1.29 is 27.5 Å². The first-order valence-electron chi connectivity index (χ1n) is 5.32. The fraction of sp³-hybridized carbons (Fsp3) is 0.800. The molecule has 0 unspecified atom stereocenters. The van der Waals surface area contributed by atoms with Crippen LogP contribution in [0.25, 0.3) is 0 Å². The van der Waals surface area contributed by atoms with E-state index in [0.29, 0.717) is 0 Å². The molecule has 0 saturated heterocycles. The summed E-state index contributed by atoms with van der Waals surface area (Å²) in [5, 5.41) is 4.25. The van der Waals surface area contributed by atoms with Crippen molar-refractivity contribution in [3.63, 3.8) is 0 Å². The Balaban J connectivity index is 4.15. The zero-order chi connectivity index (χ0) is 14.3. The van der Waals surface area contributed by atoms with Crippen molar-refractivity contribution >= 4 is 11.9 Å². The molecule has 18 heavy (non-hydrogen) atoms. The van der Waals surface area contributed by atoms with E-state index < -0.39 is 37.2 Å². The average molecular weight is 270 g/mol. The Hall–Kier alpha value is -1.31. The number of carbonyl (C=O) groups is 2. The molecule has 5 nitrogen and oxygen atoms in total. The predicted octanol–water partition coefficient (Wildman–Crippen LogP) is 0.452. The molecule has 8 heteroatoms. The third kappa shape index (κ3) is 7.10. The normalized spacial score (nSPS) is 13.3. The van der Waals surface area contributed by atoms with Crippen LogP contribution in [0.4, 0.5) is 13.2 Å². The Kier molecular flexibility index (Phi) is 6.67. The lowest BCUT2D eigenvalue weighted by atomic mass is 10.0. The first kappa shape index (κ1) is 16.7. The van der Waals surface area contributed by atoms with E-state index >= 15 is 0 Å². The summed E-state index contributed by atoms with van der Waals surface area (Å²) >= 11 is 0. The maximum Gasteiger partial charge on any atom is 0.401 e. The summed E-state index contributed by atoms with van der Waals surface area (Å²) in [5.41, 5.74) is 0. The van der Waals surface area contributed by atoms with Crippen LogP contribution in [-0.2, 0) is 14.3 Å². The van der Waals surface area contributed by atoms with Gasteiger partial charge in [0, 0.05) is 0 Å². The molecule has 0 aromatic heterocycles. The molecular weight excluding hydrogens is 253 g/mol. The maximum absolute atomic E-state index is 11.8. The number of esters is 1. The van der Waals surface area contributed by atoms with E-state index in [2.05, 4.69) is 10.1 Å². The largest absolute Gasteiger partial charge is 0.467 e. The number of nitrogens with one attached hydrogen (secondary N) is 2. The van der Waals surface area contributed by atoms with Gasteiger partial charge in [0.05, 0.1) is 20.2 Å². The molecule has 0 spiro atoms. The number of carbonyl (C=O) groups excluding carboxylic acids is 2. The highest BCUT2D eigenvalue weighted by Gasteiger charge is 2.28. The smallest absolute Gasteiger partial charge is 0.401 e. The van der Waals surface area contributed by atoms with E-state index in [1.54, 1.807) is 13.8 Å². The summed E-state index contributed by atoms with van der Waals surface area (Å²) in [6.45, 7) is 1.60. The standard InChI is InChI=1S/C10H17F3N2O3/c1-6(2)8(9(17)18-3)15-7(16)4-14-5-10(11,12)13/h6,8,14H,4-5H2,1-3H3,(H,15,16)/t8-/m0/s1. The van der Waals surface area contributed by atoms with Gasteiger partial charge in [0.1, 0.15) is 6.04 Å². The SMILES string of the molecule is COC(=O)[C@@H](NC(=O)CNCC(F)(F)F)C(C)C. The molecule has 1 atom stereocenters. The van der Waals surface area contributed by atoms with Crippen LogP contribution in [0.3, 0.4) is 0 Å². The van der Waals surface area contributed by atoms with Crippen LogP contribution < -0.4 is 10.6 Å². The van der Waals surface area contributed by atoms with Gasteiger partial charge in [0.25, 0.3) is 0 Å². The third-order valence-corrected chi connectivity index (χ3v) is 2.05. The molecule has 0 aromatic rings. The fourth-order valence-electron chi connectivity index (χ4n) is 1.17. The van der Waals surface area contributed by atoms with Crippen molar-refractivity contribution in [3.8, 4) is 0 Å². The lowest BCUT2D eigenvalue weighted by Crippen LogP contribution is -2.48. The molecule has 106 valence electrons. The van der Waals surface area contributed by atoms with Crippen molar-refractivity contribution in [2.45, 2.75) is 26.1 Å². The van der Waals surface area contributed by atoms with Gasteiger partial charge in [0.15, 0.2) is 0 Å². The lowest BCUT2D eigenvalue weighted by molar-refractivity contribution is -0.146. The van der Waals surface area contributed by atoms with Crippen LogP contribution in [0.2, 0.25) is 0 Å². The zero-order valence-electron chi connectivity index (χ0n) is 10.4. The Morgan fingerprint density at radius 1 is 1.28 bits per heavy atom. The summed E-state index contributed by atoms with van der Waals surface area (Å²) in [4.78, 5) is 22.6. The highest BCUT2D eigenvalue weighted by atomic mass is 19.4. The second-order valence-electron chi connectivity index (χ2n) is 4.03. The van der Waals surface area contributed by atoms with Gasteiger partial charge in [-0.25, -0.2) is 4.79 Å². The minimum Gasteiger partial charge on any atom is -0.467 e. The quantitative estimate of drug-likeness (QED) is 0.688. The minimum atomic E-state index is -4.37. The van der Waals surface area contributed by atoms with Crippen LogP contribution in [0.1, 0.15) is 13.8 Å². The zero-order valence-corrected chi connectivity index (χ0v) is 10.4. The molecule has 0 fully saturated rings. The van der Waals surface area contributed by atoms with Crippen molar-refractivity contribution in [1.29, 1.82) is 0 Å². The molecular formula is C10H17F3N2O3. The van der Waals surface area contributed by atoms with Crippen molar-refractivity contribution in [2.75, 3.05) is 20.2 Å². The Morgan fingerprint density at radius 3 is 2.22 bits per heavy atom.